The second-order valence-corrected chi connectivity index (χ2v) is 8.34. The third-order valence-corrected chi connectivity index (χ3v) is 5.78. The van der Waals surface area contributed by atoms with Crippen LogP contribution in [0, 0.1) is 12.8 Å². The minimum absolute atomic E-state index is 0.396. The standard InChI is InChI=1S/C21H22N4O3S/c1-13-22-11-18(14-4-7-20(24-9-14)29(3)26)21(25-13)28-12-15-8-17(15)19-6-5-16(27-2)10-23-19/h4-7,9-11,15,17H,8,12H2,1-3H3/t15-,17+,29?/m1/s1. The lowest BCUT2D eigenvalue weighted by atomic mass is 10.1. The molecule has 0 aliphatic heterocycles. The number of hydrogen-bond acceptors (Lipinski definition) is 7. The number of pyridine rings is 2. The summed E-state index contributed by atoms with van der Waals surface area (Å²) in [4.78, 5) is 17.5. The third kappa shape index (κ3) is 4.42. The van der Waals surface area contributed by atoms with E-state index in [1.54, 1.807) is 38.0 Å². The molecule has 0 spiro atoms. The fraction of sp³-hybridized carbons (Fsp3) is 0.333. The van der Waals surface area contributed by atoms with Gasteiger partial charge in [0.15, 0.2) is 0 Å². The Morgan fingerprint density at radius 2 is 1.97 bits per heavy atom. The van der Waals surface area contributed by atoms with E-state index >= 15 is 0 Å². The molecule has 0 amide bonds. The van der Waals surface area contributed by atoms with Crippen molar-refractivity contribution in [2.45, 2.75) is 24.3 Å². The van der Waals surface area contributed by atoms with Crippen LogP contribution in [0.1, 0.15) is 23.9 Å². The number of hydrogen-bond donors (Lipinski definition) is 0. The van der Waals surface area contributed by atoms with Gasteiger partial charge in [0.1, 0.15) is 16.6 Å². The van der Waals surface area contributed by atoms with E-state index in [0.29, 0.717) is 35.2 Å². The van der Waals surface area contributed by atoms with Gasteiger partial charge in [-0.3, -0.25) is 9.19 Å². The molecule has 3 atom stereocenters. The van der Waals surface area contributed by atoms with Gasteiger partial charge in [-0.05, 0) is 37.6 Å². The molecule has 29 heavy (non-hydrogen) atoms. The summed E-state index contributed by atoms with van der Waals surface area (Å²) in [7, 11) is 0.519. The van der Waals surface area contributed by atoms with Crippen LogP contribution < -0.4 is 9.47 Å². The zero-order valence-electron chi connectivity index (χ0n) is 16.5. The molecule has 150 valence electrons. The number of methoxy groups -OCH3 is 1. The van der Waals surface area contributed by atoms with Crippen LogP contribution in [0.25, 0.3) is 11.1 Å². The molecular formula is C21H22N4O3S. The molecule has 0 aromatic carbocycles. The molecule has 0 saturated heterocycles. The lowest BCUT2D eigenvalue weighted by molar-refractivity contribution is 0.285. The third-order valence-electron chi connectivity index (χ3n) is 4.95. The van der Waals surface area contributed by atoms with Crippen molar-refractivity contribution in [2.24, 2.45) is 5.92 Å². The molecule has 1 fully saturated rings. The minimum atomic E-state index is -1.12. The molecular weight excluding hydrogens is 388 g/mol. The highest BCUT2D eigenvalue weighted by atomic mass is 32.2. The van der Waals surface area contributed by atoms with Crippen LogP contribution in [0.4, 0.5) is 0 Å². The zero-order valence-corrected chi connectivity index (χ0v) is 17.3. The number of aromatic nitrogens is 4. The van der Waals surface area contributed by atoms with Crippen LogP contribution in [0.15, 0.2) is 47.9 Å². The van der Waals surface area contributed by atoms with Crippen molar-refractivity contribution in [3.05, 3.63) is 54.4 Å². The van der Waals surface area contributed by atoms with Crippen LogP contribution >= 0.6 is 0 Å². The molecule has 7 nitrogen and oxygen atoms in total. The van der Waals surface area contributed by atoms with Gasteiger partial charge in [-0.1, -0.05) is 0 Å². The first kappa shape index (κ1) is 19.4. The highest BCUT2D eigenvalue weighted by Crippen LogP contribution is 2.47. The largest absolute Gasteiger partial charge is 0.495 e. The van der Waals surface area contributed by atoms with E-state index in [-0.39, 0.29) is 0 Å². The Balaban J connectivity index is 1.46. The average molecular weight is 410 g/mol. The van der Waals surface area contributed by atoms with Crippen LogP contribution in [0.5, 0.6) is 11.6 Å². The monoisotopic (exact) mass is 410 g/mol. The van der Waals surface area contributed by atoms with Gasteiger partial charge in [-0.2, -0.15) is 4.98 Å². The molecule has 8 heteroatoms. The molecule has 1 aliphatic carbocycles. The van der Waals surface area contributed by atoms with E-state index in [2.05, 4.69) is 19.9 Å². The SMILES string of the molecule is COc1ccc([C@H]2C[C@@H]2COc2nc(C)ncc2-c2ccc(S(C)=O)nc2)nc1. The molecule has 1 aliphatic rings. The van der Waals surface area contributed by atoms with Gasteiger partial charge in [0, 0.05) is 41.7 Å². The van der Waals surface area contributed by atoms with Gasteiger partial charge in [0.05, 0.1) is 36.3 Å². The van der Waals surface area contributed by atoms with Gasteiger partial charge < -0.3 is 9.47 Å². The smallest absolute Gasteiger partial charge is 0.224 e. The molecule has 4 rings (SSSR count). The van der Waals surface area contributed by atoms with Crippen molar-refractivity contribution in [2.75, 3.05) is 20.0 Å². The van der Waals surface area contributed by atoms with Gasteiger partial charge in [0.2, 0.25) is 5.88 Å². The van der Waals surface area contributed by atoms with E-state index in [0.717, 1.165) is 29.0 Å². The first-order valence-electron chi connectivity index (χ1n) is 9.31. The molecule has 0 bridgehead atoms. The van der Waals surface area contributed by atoms with Crippen molar-refractivity contribution >= 4 is 10.8 Å². The second-order valence-electron chi connectivity index (χ2n) is 7.01. The Labute approximate surface area is 172 Å². The minimum Gasteiger partial charge on any atom is -0.495 e. The van der Waals surface area contributed by atoms with Crippen molar-refractivity contribution in [1.82, 2.24) is 19.9 Å². The summed E-state index contributed by atoms with van der Waals surface area (Å²) in [6, 6.07) is 7.56. The van der Waals surface area contributed by atoms with Crippen LogP contribution in [-0.2, 0) is 10.8 Å². The average Bonchev–Trinajstić information content (AvgIpc) is 3.52. The van der Waals surface area contributed by atoms with Gasteiger partial charge in [-0.25, -0.2) is 9.97 Å². The van der Waals surface area contributed by atoms with Gasteiger partial charge in [0.25, 0.3) is 0 Å². The molecule has 3 heterocycles. The van der Waals surface area contributed by atoms with Crippen molar-refractivity contribution in [3.8, 4) is 22.8 Å². The number of nitrogens with zero attached hydrogens (tertiary/aromatic N) is 4. The summed E-state index contributed by atoms with van der Waals surface area (Å²) in [5, 5.41) is 0.539. The summed E-state index contributed by atoms with van der Waals surface area (Å²) in [5.74, 6) is 2.75. The van der Waals surface area contributed by atoms with Crippen LogP contribution in [0.2, 0.25) is 0 Å². The zero-order chi connectivity index (χ0) is 20.4. The highest BCUT2D eigenvalue weighted by molar-refractivity contribution is 7.84. The maximum absolute atomic E-state index is 11.6. The van der Waals surface area contributed by atoms with E-state index in [1.165, 1.54) is 0 Å². The number of aryl methyl sites for hydroxylation is 1. The lowest BCUT2D eigenvalue weighted by Crippen LogP contribution is -2.06. The van der Waals surface area contributed by atoms with E-state index in [1.807, 2.05) is 25.1 Å². The number of rotatable bonds is 7. The molecule has 1 saturated carbocycles. The highest BCUT2D eigenvalue weighted by Gasteiger charge is 2.40. The van der Waals surface area contributed by atoms with Crippen LogP contribution in [0.3, 0.4) is 0 Å². The maximum Gasteiger partial charge on any atom is 0.224 e. The fourth-order valence-electron chi connectivity index (χ4n) is 3.18. The summed E-state index contributed by atoms with van der Waals surface area (Å²) in [6.07, 6.45) is 7.81. The normalized spacial score (nSPS) is 18.9. The predicted molar refractivity (Wildman–Crippen MR) is 109 cm³/mol. The molecule has 1 unspecified atom stereocenters. The molecule has 0 N–H and O–H groups in total. The predicted octanol–water partition coefficient (Wildman–Crippen LogP) is 3.17. The number of ether oxygens (including phenoxy) is 2. The molecule has 3 aromatic rings. The Morgan fingerprint density at radius 1 is 1.10 bits per heavy atom. The second kappa shape index (κ2) is 8.24. The van der Waals surface area contributed by atoms with Gasteiger partial charge in [-0.15, -0.1) is 0 Å². The lowest BCUT2D eigenvalue weighted by Gasteiger charge is -2.11. The van der Waals surface area contributed by atoms with E-state index < -0.39 is 10.8 Å². The fourth-order valence-corrected chi connectivity index (χ4v) is 3.64. The maximum atomic E-state index is 11.6. The molecule has 0 radical (unpaired) electrons. The summed E-state index contributed by atoms with van der Waals surface area (Å²) in [6.45, 7) is 2.39. The van der Waals surface area contributed by atoms with Crippen LogP contribution in [-0.4, -0.2) is 44.1 Å². The molecule has 3 aromatic heterocycles. The summed E-state index contributed by atoms with van der Waals surface area (Å²) in [5.41, 5.74) is 2.67. The van der Waals surface area contributed by atoms with Gasteiger partial charge >= 0.3 is 0 Å². The van der Waals surface area contributed by atoms with E-state index in [9.17, 15) is 4.21 Å². The Morgan fingerprint density at radius 3 is 2.62 bits per heavy atom. The quantitative estimate of drug-likeness (QED) is 0.591. The first-order chi connectivity index (χ1) is 14.0. The van der Waals surface area contributed by atoms with Crippen molar-refractivity contribution < 1.29 is 13.7 Å². The van der Waals surface area contributed by atoms with Crippen molar-refractivity contribution in [3.63, 3.8) is 0 Å². The Bertz CT molecular complexity index is 1030. The summed E-state index contributed by atoms with van der Waals surface area (Å²) >= 11 is 0. The topological polar surface area (TPSA) is 87.1 Å². The first-order valence-corrected chi connectivity index (χ1v) is 10.9. The Kier molecular flexibility index (Phi) is 5.53. The summed E-state index contributed by atoms with van der Waals surface area (Å²) < 4.78 is 22.8. The van der Waals surface area contributed by atoms with Crippen molar-refractivity contribution in [1.29, 1.82) is 0 Å². The van der Waals surface area contributed by atoms with E-state index in [4.69, 9.17) is 9.47 Å². The Hall–Kier alpha value is -2.87.